The number of ether oxygens (including phenoxy) is 2. The topological polar surface area (TPSA) is 56.6 Å². The highest BCUT2D eigenvalue weighted by Gasteiger charge is 2.40. The third-order valence-electron chi connectivity index (χ3n) is 4.61. The van der Waals surface area contributed by atoms with Crippen LogP contribution in [-0.2, 0) is 21.3 Å². The predicted octanol–water partition coefficient (Wildman–Crippen LogP) is 1.42. The predicted molar refractivity (Wildman–Crippen MR) is 82.2 cm³/mol. The van der Waals surface area contributed by atoms with Crippen LogP contribution in [0, 0.1) is 13.8 Å². The van der Waals surface area contributed by atoms with Crippen LogP contribution in [0.4, 0.5) is 0 Å². The van der Waals surface area contributed by atoms with Gasteiger partial charge in [-0.25, -0.2) is 0 Å². The van der Waals surface area contributed by atoms with Gasteiger partial charge in [0.05, 0.1) is 18.9 Å². The van der Waals surface area contributed by atoms with E-state index in [1.807, 2.05) is 36.6 Å². The van der Waals surface area contributed by atoms with Crippen molar-refractivity contribution >= 4 is 12.0 Å². The van der Waals surface area contributed by atoms with E-state index in [1.165, 1.54) is 0 Å². The molecule has 2 aliphatic rings. The van der Waals surface area contributed by atoms with Gasteiger partial charge < -0.3 is 14.4 Å². The van der Waals surface area contributed by atoms with E-state index >= 15 is 0 Å². The van der Waals surface area contributed by atoms with Crippen LogP contribution >= 0.6 is 0 Å². The van der Waals surface area contributed by atoms with Crippen molar-refractivity contribution in [2.45, 2.75) is 32.5 Å². The van der Waals surface area contributed by atoms with Gasteiger partial charge in [-0.15, -0.1) is 0 Å². The maximum Gasteiger partial charge on any atom is 0.246 e. The minimum absolute atomic E-state index is 0.0375. The van der Waals surface area contributed by atoms with Crippen LogP contribution in [0.3, 0.4) is 0 Å². The zero-order valence-electron chi connectivity index (χ0n) is 13.5. The third kappa shape index (κ3) is 2.80. The van der Waals surface area contributed by atoms with Crippen LogP contribution in [0.25, 0.3) is 6.08 Å². The van der Waals surface area contributed by atoms with Gasteiger partial charge in [0.1, 0.15) is 0 Å². The molecule has 2 saturated heterocycles. The molecule has 2 aliphatic heterocycles. The molecule has 1 aromatic rings. The van der Waals surface area contributed by atoms with E-state index in [-0.39, 0.29) is 5.91 Å². The molecule has 0 radical (unpaired) electrons. The number of likely N-dealkylation sites (tertiary alicyclic amines) is 1. The average Bonchev–Trinajstić information content (AvgIpc) is 3.04. The number of amides is 1. The van der Waals surface area contributed by atoms with Gasteiger partial charge in [0.2, 0.25) is 5.91 Å². The fraction of sp³-hybridized carbons (Fsp3) is 0.625. The van der Waals surface area contributed by atoms with Crippen molar-refractivity contribution < 1.29 is 14.3 Å². The first-order valence-corrected chi connectivity index (χ1v) is 7.76. The number of nitrogens with zero attached hydrogens (tertiary/aromatic N) is 3. The van der Waals surface area contributed by atoms with Crippen molar-refractivity contribution in [3.05, 3.63) is 23.0 Å². The third-order valence-corrected chi connectivity index (χ3v) is 4.61. The molecule has 0 unspecified atom stereocenters. The smallest absolute Gasteiger partial charge is 0.246 e. The Morgan fingerprint density at radius 3 is 2.41 bits per heavy atom. The molecule has 0 aliphatic carbocycles. The summed E-state index contributed by atoms with van der Waals surface area (Å²) in [5.74, 6) is -0.396. The first kappa shape index (κ1) is 15.2. The van der Waals surface area contributed by atoms with Gasteiger partial charge in [-0.1, -0.05) is 0 Å². The van der Waals surface area contributed by atoms with Gasteiger partial charge in [-0.3, -0.25) is 9.48 Å². The maximum atomic E-state index is 12.3. The second-order valence-corrected chi connectivity index (χ2v) is 5.97. The molecule has 1 aromatic heterocycles. The highest BCUT2D eigenvalue weighted by Crippen LogP contribution is 2.31. The minimum atomic E-state index is -0.434. The molecule has 3 rings (SSSR count). The second-order valence-electron chi connectivity index (χ2n) is 5.97. The molecule has 0 N–H and O–H groups in total. The number of carbonyl (C=O) groups excluding carboxylic acids is 1. The Labute approximate surface area is 130 Å². The summed E-state index contributed by atoms with van der Waals surface area (Å²) in [6.07, 6.45) is 5.01. The summed E-state index contributed by atoms with van der Waals surface area (Å²) in [4.78, 5) is 14.2. The minimum Gasteiger partial charge on any atom is -0.347 e. The van der Waals surface area contributed by atoms with Gasteiger partial charge in [0, 0.05) is 50.3 Å². The lowest BCUT2D eigenvalue weighted by molar-refractivity contribution is -0.186. The lowest BCUT2D eigenvalue weighted by atomic mass is 10.0. The fourth-order valence-corrected chi connectivity index (χ4v) is 3.14. The lowest BCUT2D eigenvalue weighted by Gasteiger charge is -2.37. The number of piperidine rings is 1. The Balaban J connectivity index is 1.62. The first-order valence-electron chi connectivity index (χ1n) is 7.76. The second kappa shape index (κ2) is 5.85. The van der Waals surface area contributed by atoms with E-state index in [1.54, 1.807) is 6.08 Å². The highest BCUT2D eigenvalue weighted by atomic mass is 16.7. The average molecular weight is 305 g/mol. The Morgan fingerprint density at radius 2 is 1.86 bits per heavy atom. The van der Waals surface area contributed by atoms with E-state index in [2.05, 4.69) is 5.10 Å². The first-order chi connectivity index (χ1) is 10.5. The van der Waals surface area contributed by atoms with Crippen LogP contribution in [0.1, 0.15) is 29.8 Å². The van der Waals surface area contributed by atoms with Crippen LogP contribution in [0.2, 0.25) is 0 Å². The molecule has 3 heterocycles. The molecule has 6 nitrogen and oxygen atoms in total. The number of carbonyl (C=O) groups is 1. The van der Waals surface area contributed by atoms with Crippen molar-refractivity contribution in [1.29, 1.82) is 0 Å². The molecule has 2 fully saturated rings. The van der Waals surface area contributed by atoms with Crippen LogP contribution in [0.15, 0.2) is 6.08 Å². The maximum absolute atomic E-state index is 12.3. The number of hydrogen-bond acceptors (Lipinski definition) is 4. The van der Waals surface area contributed by atoms with Gasteiger partial charge in [0.15, 0.2) is 5.79 Å². The molecular weight excluding hydrogens is 282 g/mol. The number of rotatable bonds is 2. The fourth-order valence-electron chi connectivity index (χ4n) is 3.14. The van der Waals surface area contributed by atoms with Crippen LogP contribution in [0.5, 0.6) is 0 Å². The number of aryl methyl sites for hydroxylation is 2. The normalized spacial score (nSPS) is 21.1. The Morgan fingerprint density at radius 1 is 1.23 bits per heavy atom. The molecule has 22 heavy (non-hydrogen) atoms. The summed E-state index contributed by atoms with van der Waals surface area (Å²) < 4.78 is 13.2. The zero-order valence-corrected chi connectivity index (χ0v) is 13.5. The quantitative estimate of drug-likeness (QED) is 0.775. The van der Waals surface area contributed by atoms with Gasteiger partial charge in [-0.2, -0.15) is 5.10 Å². The zero-order chi connectivity index (χ0) is 15.7. The summed E-state index contributed by atoms with van der Waals surface area (Å²) >= 11 is 0. The Kier molecular flexibility index (Phi) is 4.06. The molecule has 1 amide bonds. The molecule has 0 aromatic carbocycles. The summed E-state index contributed by atoms with van der Waals surface area (Å²) in [7, 11) is 1.91. The van der Waals surface area contributed by atoms with E-state index in [9.17, 15) is 4.79 Å². The number of hydrogen-bond donors (Lipinski definition) is 0. The van der Waals surface area contributed by atoms with E-state index in [0.717, 1.165) is 29.8 Å². The molecular formula is C16H23N3O3. The molecule has 120 valence electrons. The summed E-state index contributed by atoms with van der Waals surface area (Å²) in [5.41, 5.74) is 3.02. The summed E-state index contributed by atoms with van der Waals surface area (Å²) in [6.45, 7) is 6.63. The molecule has 6 heteroatoms. The Bertz CT molecular complexity index is 590. The molecule has 0 bridgehead atoms. The van der Waals surface area contributed by atoms with Gasteiger partial charge >= 0.3 is 0 Å². The van der Waals surface area contributed by atoms with Gasteiger partial charge in [0.25, 0.3) is 0 Å². The van der Waals surface area contributed by atoms with Crippen molar-refractivity contribution in [3.8, 4) is 0 Å². The molecule has 0 atom stereocenters. The van der Waals surface area contributed by atoms with E-state index in [4.69, 9.17) is 9.47 Å². The number of aromatic nitrogens is 2. The van der Waals surface area contributed by atoms with Gasteiger partial charge in [-0.05, 0) is 19.9 Å². The molecule has 1 spiro atoms. The van der Waals surface area contributed by atoms with Crippen LogP contribution < -0.4 is 0 Å². The van der Waals surface area contributed by atoms with Crippen LogP contribution in [-0.4, -0.2) is 52.7 Å². The highest BCUT2D eigenvalue weighted by molar-refractivity contribution is 5.92. The van der Waals surface area contributed by atoms with E-state index in [0.29, 0.717) is 26.3 Å². The monoisotopic (exact) mass is 305 g/mol. The summed E-state index contributed by atoms with van der Waals surface area (Å²) in [5, 5.41) is 4.36. The van der Waals surface area contributed by atoms with Crippen molar-refractivity contribution in [2.75, 3.05) is 26.3 Å². The van der Waals surface area contributed by atoms with Crippen molar-refractivity contribution in [1.82, 2.24) is 14.7 Å². The SMILES string of the molecule is Cc1nn(C)c(C)c1/C=C\C(=O)N1CCC2(CC1)OCCO2. The summed E-state index contributed by atoms with van der Waals surface area (Å²) in [6, 6.07) is 0. The van der Waals surface area contributed by atoms with E-state index < -0.39 is 5.79 Å². The standard InChI is InChI=1S/C16H23N3O3/c1-12-14(13(2)18(3)17-12)4-5-15(20)19-8-6-16(7-9-19)21-10-11-22-16/h4-5H,6-11H2,1-3H3/b5-4-. The lowest BCUT2D eigenvalue weighted by Crippen LogP contribution is -2.46. The Hall–Kier alpha value is -1.66. The van der Waals surface area contributed by atoms with Crippen molar-refractivity contribution in [3.63, 3.8) is 0 Å². The van der Waals surface area contributed by atoms with Crippen molar-refractivity contribution in [2.24, 2.45) is 7.05 Å². The largest absolute Gasteiger partial charge is 0.347 e. The molecule has 0 saturated carbocycles.